The summed E-state index contributed by atoms with van der Waals surface area (Å²) in [5.41, 5.74) is 0.200. The molecule has 0 amide bonds. The first kappa shape index (κ1) is 19.5. The number of likely N-dealkylation sites (N-methyl/N-ethyl adjacent to an activating group) is 1. The quantitative estimate of drug-likeness (QED) is 0.809. The average molecular weight is 398 g/mol. The summed E-state index contributed by atoms with van der Waals surface area (Å²) in [6.45, 7) is 0.661. The number of benzene rings is 2. The Kier molecular flexibility index (Phi) is 5.64. The molecular formula is C18H20F2N2O4S. The first-order valence-corrected chi connectivity index (χ1v) is 9.77. The topological polar surface area (TPSA) is 67.9 Å². The summed E-state index contributed by atoms with van der Waals surface area (Å²) in [4.78, 5) is 1.67. The highest BCUT2D eigenvalue weighted by atomic mass is 32.2. The lowest BCUT2D eigenvalue weighted by molar-refractivity contribution is 0.171. The molecule has 0 aromatic heterocycles. The summed E-state index contributed by atoms with van der Waals surface area (Å²) < 4.78 is 65.8. The van der Waals surface area contributed by atoms with Crippen molar-refractivity contribution in [2.24, 2.45) is 0 Å². The second-order valence-corrected chi connectivity index (χ2v) is 8.07. The lowest BCUT2D eigenvalue weighted by atomic mass is 10.1. The Morgan fingerprint density at radius 3 is 2.44 bits per heavy atom. The van der Waals surface area contributed by atoms with E-state index in [0.717, 1.165) is 12.1 Å². The molecule has 0 bridgehead atoms. The van der Waals surface area contributed by atoms with Crippen LogP contribution in [0.25, 0.3) is 0 Å². The zero-order chi connectivity index (χ0) is 19.6. The van der Waals surface area contributed by atoms with E-state index >= 15 is 0 Å². The Morgan fingerprint density at radius 2 is 1.78 bits per heavy atom. The van der Waals surface area contributed by atoms with Gasteiger partial charge in [-0.1, -0.05) is 6.07 Å². The fourth-order valence-corrected chi connectivity index (χ4v) is 3.86. The first-order valence-electron chi connectivity index (χ1n) is 8.28. The molecule has 1 N–H and O–H groups in total. The normalized spacial score (nSPS) is 15.0. The zero-order valence-electron chi connectivity index (χ0n) is 14.9. The van der Waals surface area contributed by atoms with Crippen LogP contribution in [0.2, 0.25) is 0 Å². The van der Waals surface area contributed by atoms with Gasteiger partial charge in [-0.2, -0.15) is 0 Å². The largest absolute Gasteiger partial charge is 0.486 e. The number of nitrogens with zero attached hydrogens (tertiary/aromatic N) is 1. The van der Waals surface area contributed by atoms with E-state index in [1.54, 1.807) is 19.0 Å². The lowest BCUT2D eigenvalue weighted by Crippen LogP contribution is -2.35. The van der Waals surface area contributed by atoms with E-state index in [-0.39, 0.29) is 17.0 Å². The zero-order valence-corrected chi connectivity index (χ0v) is 15.7. The van der Waals surface area contributed by atoms with Crippen LogP contribution in [0.15, 0.2) is 41.3 Å². The molecule has 0 saturated carbocycles. The van der Waals surface area contributed by atoms with Crippen LogP contribution in [-0.2, 0) is 10.0 Å². The van der Waals surface area contributed by atoms with Crippen LogP contribution in [0, 0.1) is 11.6 Å². The van der Waals surface area contributed by atoms with E-state index in [1.807, 2.05) is 0 Å². The molecule has 0 saturated heterocycles. The van der Waals surface area contributed by atoms with Crippen molar-refractivity contribution in [1.82, 2.24) is 9.62 Å². The molecule has 0 fully saturated rings. The molecule has 9 heteroatoms. The lowest BCUT2D eigenvalue weighted by Gasteiger charge is -2.25. The number of hydrogen-bond acceptors (Lipinski definition) is 5. The molecule has 1 heterocycles. The summed E-state index contributed by atoms with van der Waals surface area (Å²) >= 11 is 0. The molecule has 2 aromatic carbocycles. The third-order valence-electron chi connectivity index (χ3n) is 4.24. The van der Waals surface area contributed by atoms with Gasteiger partial charge in [0.1, 0.15) is 24.8 Å². The summed E-state index contributed by atoms with van der Waals surface area (Å²) in [7, 11) is -0.487. The van der Waals surface area contributed by atoms with E-state index in [1.165, 1.54) is 24.3 Å². The molecular weight excluding hydrogens is 378 g/mol. The van der Waals surface area contributed by atoms with Gasteiger partial charge in [0.25, 0.3) is 0 Å². The second-order valence-electron chi connectivity index (χ2n) is 6.30. The molecule has 0 aliphatic carbocycles. The van der Waals surface area contributed by atoms with Crippen molar-refractivity contribution >= 4 is 10.0 Å². The molecule has 0 unspecified atom stereocenters. The van der Waals surface area contributed by atoms with Crippen LogP contribution < -0.4 is 14.2 Å². The van der Waals surface area contributed by atoms with Gasteiger partial charge in [0.2, 0.25) is 10.0 Å². The molecule has 2 aromatic rings. The maximum absolute atomic E-state index is 14.1. The Balaban J connectivity index is 1.80. The molecule has 0 spiro atoms. The smallest absolute Gasteiger partial charge is 0.240 e. The van der Waals surface area contributed by atoms with Crippen molar-refractivity contribution in [3.8, 4) is 11.5 Å². The summed E-state index contributed by atoms with van der Waals surface area (Å²) in [5, 5.41) is 0. The number of sulfonamides is 1. The standard InChI is InChI=1S/C18H20F2N2O4S/c1-22(2)16(14-5-3-12(19)9-15(14)20)11-21-27(23,24)13-4-6-17-18(10-13)26-8-7-25-17/h3-6,9-10,16,21H,7-8,11H2,1-2H3/t16-/m0/s1. The minimum absolute atomic E-state index is 0.0174. The van der Waals surface area contributed by atoms with Gasteiger partial charge in [0.15, 0.2) is 11.5 Å². The van der Waals surface area contributed by atoms with Crippen molar-refractivity contribution in [2.75, 3.05) is 33.9 Å². The van der Waals surface area contributed by atoms with Crippen LogP contribution in [0.4, 0.5) is 8.78 Å². The average Bonchev–Trinajstić information content (AvgIpc) is 2.62. The van der Waals surface area contributed by atoms with Gasteiger partial charge in [-0.05, 0) is 32.3 Å². The number of rotatable bonds is 6. The van der Waals surface area contributed by atoms with Crippen molar-refractivity contribution in [3.63, 3.8) is 0 Å². The van der Waals surface area contributed by atoms with Crippen molar-refractivity contribution in [3.05, 3.63) is 53.6 Å². The van der Waals surface area contributed by atoms with Gasteiger partial charge >= 0.3 is 0 Å². The monoisotopic (exact) mass is 398 g/mol. The van der Waals surface area contributed by atoms with Crippen molar-refractivity contribution in [1.29, 1.82) is 0 Å². The van der Waals surface area contributed by atoms with Gasteiger partial charge in [0, 0.05) is 24.2 Å². The maximum atomic E-state index is 14.1. The number of halogens is 2. The van der Waals surface area contributed by atoms with Gasteiger partial charge in [-0.3, -0.25) is 0 Å². The highest BCUT2D eigenvalue weighted by Crippen LogP contribution is 2.32. The first-order chi connectivity index (χ1) is 12.8. The SMILES string of the molecule is CN(C)[C@@H](CNS(=O)(=O)c1ccc2c(c1)OCCO2)c1ccc(F)cc1F. The molecule has 146 valence electrons. The van der Waals surface area contributed by atoms with Gasteiger partial charge < -0.3 is 14.4 Å². The van der Waals surface area contributed by atoms with Crippen LogP contribution in [0.5, 0.6) is 11.5 Å². The highest BCUT2D eigenvalue weighted by molar-refractivity contribution is 7.89. The summed E-state index contributed by atoms with van der Waals surface area (Å²) in [6.07, 6.45) is 0. The fraction of sp³-hybridized carbons (Fsp3) is 0.333. The molecule has 3 rings (SSSR count). The molecule has 1 aliphatic heterocycles. The maximum Gasteiger partial charge on any atom is 0.240 e. The Morgan fingerprint density at radius 1 is 1.07 bits per heavy atom. The van der Waals surface area contributed by atoms with Crippen LogP contribution in [0.1, 0.15) is 11.6 Å². The van der Waals surface area contributed by atoms with Crippen molar-refractivity contribution in [2.45, 2.75) is 10.9 Å². The predicted molar refractivity (Wildman–Crippen MR) is 95.4 cm³/mol. The second kappa shape index (κ2) is 7.79. The number of fused-ring (bicyclic) bond motifs is 1. The summed E-state index contributed by atoms with van der Waals surface area (Å²) in [6, 6.07) is 6.96. The summed E-state index contributed by atoms with van der Waals surface area (Å²) in [5.74, 6) is -0.574. The van der Waals surface area contributed by atoms with Gasteiger partial charge in [-0.25, -0.2) is 21.9 Å². The minimum Gasteiger partial charge on any atom is -0.486 e. The highest BCUT2D eigenvalue weighted by Gasteiger charge is 2.24. The Bertz CT molecular complexity index is 935. The molecule has 1 aliphatic rings. The number of hydrogen-bond donors (Lipinski definition) is 1. The van der Waals surface area contributed by atoms with Gasteiger partial charge in [0.05, 0.1) is 10.9 Å². The van der Waals surface area contributed by atoms with Crippen LogP contribution in [-0.4, -0.2) is 47.2 Å². The van der Waals surface area contributed by atoms with Crippen LogP contribution >= 0.6 is 0 Å². The van der Waals surface area contributed by atoms with Crippen molar-refractivity contribution < 1.29 is 26.7 Å². The Labute approximate surface area is 156 Å². The van der Waals surface area contributed by atoms with Gasteiger partial charge in [-0.15, -0.1) is 0 Å². The van der Waals surface area contributed by atoms with E-state index in [0.29, 0.717) is 24.7 Å². The third-order valence-corrected chi connectivity index (χ3v) is 5.66. The molecule has 0 radical (unpaired) electrons. The molecule has 6 nitrogen and oxygen atoms in total. The minimum atomic E-state index is -3.86. The fourth-order valence-electron chi connectivity index (χ4n) is 2.81. The van der Waals surface area contributed by atoms with E-state index < -0.39 is 27.7 Å². The predicted octanol–water partition coefficient (Wildman–Crippen LogP) is 2.32. The number of ether oxygens (including phenoxy) is 2. The van der Waals surface area contributed by atoms with E-state index in [9.17, 15) is 17.2 Å². The van der Waals surface area contributed by atoms with E-state index in [2.05, 4.69) is 4.72 Å². The third kappa shape index (κ3) is 4.37. The Hall–Kier alpha value is -2.23. The van der Waals surface area contributed by atoms with Crippen LogP contribution in [0.3, 0.4) is 0 Å². The molecule has 27 heavy (non-hydrogen) atoms. The number of nitrogens with one attached hydrogen (secondary N) is 1. The molecule has 1 atom stereocenters. The van der Waals surface area contributed by atoms with E-state index in [4.69, 9.17) is 9.47 Å².